The van der Waals surface area contributed by atoms with Gasteiger partial charge in [-0.15, -0.1) is 5.53 Å². The molecule has 0 saturated carbocycles. The Labute approximate surface area is 158 Å². The first-order valence-electron chi connectivity index (χ1n) is 8.71. The maximum absolute atomic E-state index is 13.6. The van der Waals surface area contributed by atoms with Crippen LogP contribution in [0.1, 0.15) is 36.0 Å². The van der Waals surface area contributed by atoms with Crippen LogP contribution in [0.2, 0.25) is 0 Å². The SMILES string of the molecule is O=C1CCCC2=C1NNN2c1cc(Cc2cc(F)cc(C(F)(F)F)c2)ccn1. The second-order valence-corrected chi connectivity index (χ2v) is 6.72. The Morgan fingerprint density at radius 3 is 2.71 bits per heavy atom. The molecule has 1 aliphatic heterocycles. The zero-order valence-electron chi connectivity index (χ0n) is 14.6. The number of pyridine rings is 1. The summed E-state index contributed by atoms with van der Waals surface area (Å²) in [6.45, 7) is 0. The van der Waals surface area contributed by atoms with E-state index in [4.69, 9.17) is 0 Å². The van der Waals surface area contributed by atoms with E-state index in [2.05, 4.69) is 15.9 Å². The summed E-state index contributed by atoms with van der Waals surface area (Å²) >= 11 is 0. The van der Waals surface area contributed by atoms with Gasteiger partial charge < -0.3 is 0 Å². The minimum Gasteiger partial charge on any atom is -0.298 e. The normalized spacial score (nSPS) is 17.0. The zero-order chi connectivity index (χ0) is 19.9. The van der Waals surface area contributed by atoms with Crippen molar-refractivity contribution in [2.75, 3.05) is 5.01 Å². The Morgan fingerprint density at radius 2 is 1.93 bits per heavy atom. The topological polar surface area (TPSA) is 57.3 Å². The quantitative estimate of drug-likeness (QED) is 0.782. The highest BCUT2D eigenvalue weighted by molar-refractivity contribution is 5.97. The lowest BCUT2D eigenvalue weighted by Gasteiger charge is -2.21. The largest absolute Gasteiger partial charge is 0.416 e. The zero-order valence-corrected chi connectivity index (χ0v) is 14.6. The lowest BCUT2D eigenvalue weighted by Crippen LogP contribution is -2.38. The lowest BCUT2D eigenvalue weighted by atomic mass is 10.00. The van der Waals surface area contributed by atoms with E-state index < -0.39 is 17.6 Å². The number of allylic oxidation sites excluding steroid dienone is 2. The number of ketones is 1. The van der Waals surface area contributed by atoms with Gasteiger partial charge in [-0.25, -0.2) is 14.4 Å². The summed E-state index contributed by atoms with van der Waals surface area (Å²) in [6.07, 6.45) is -1.05. The number of aromatic nitrogens is 1. The second-order valence-electron chi connectivity index (χ2n) is 6.72. The van der Waals surface area contributed by atoms with Crippen molar-refractivity contribution in [1.82, 2.24) is 15.9 Å². The van der Waals surface area contributed by atoms with Crippen molar-refractivity contribution in [3.63, 3.8) is 0 Å². The molecule has 0 amide bonds. The van der Waals surface area contributed by atoms with Crippen molar-refractivity contribution in [1.29, 1.82) is 0 Å². The van der Waals surface area contributed by atoms with Gasteiger partial charge in [0.2, 0.25) is 0 Å². The van der Waals surface area contributed by atoms with Gasteiger partial charge in [0, 0.05) is 12.6 Å². The van der Waals surface area contributed by atoms with Crippen molar-refractivity contribution in [3.8, 4) is 0 Å². The van der Waals surface area contributed by atoms with Crippen LogP contribution in [0, 0.1) is 5.82 Å². The van der Waals surface area contributed by atoms with Gasteiger partial charge in [0.25, 0.3) is 0 Å². The fraction of sp³-hybridized carbons (Fsp3) is 0.263. The van der Waals surface area contributed by atoms with E-state index in [0.29, 0.717) is 36.0 Å². The standard InChI is InChI=1S/C19H16F4N4O/c20-14-8-12(7-13(10-14)19(21,22)23)6-11-4-5-24-17(9-11)27-15-2-1-3-16(28)18(15)25-26-27/h4-5,7-10,25-26H,1-3,6H2. The lowest BCUT2D eigenvalue weighted by molar-refractivity contribution is -0.137. The van der Waals surface area contributed by atoms with Gasteiger partial charge in [-0.2, -0.15) is 13.2 Å². The molecule has 2 N–H and O–H groups in total. The van der Waals surface area contributed by atoms with Gasteiger partial charge in [0.05, 0.1) is 11.3 Å². The summed E-state index contributed by atoms with van der Waals surface area (Å²) in [7, 11) is 0. The smallest absolute Gasteiger partial charge is 0.298 e. The monoisotopic (exact) mass is 392 g/mol. The first-order valence-corrected chi connectivity index (χ1v) is 8.71. The van der Waals surface area contributed by atoms with Crippen LogP contribution in [0.3, 0.4) is 0 Å². The number of nitrogens with zero attached hydrogens (tertiary/aromatic N) is 2. The summed E-state index contributed by atoms with van der Waals surface area (Å²) < 4.78 is 52.4. The maximum atomic E-state index is 13.6. The number of carbonyl (C=O) groups is 1. The maximum Gasteiger partial charge on any atom is 0.416 e. The first-order chi connectivity index (χ1) is 13.3. The third kappa shape index (κ3) is 3.57. The molecule has 1 aromatic carbocycles. The molecule has 1 aliphatic carbocycles. The number of nitrogens with one attached hydrogen (secondary N) is 2. The Morgan fingerprint density at radius 1 is 1.11 bits per heavy atom. The van der Waals surface area contributed by atoms with E-state index >= 15 is 0 Å². The molecule has 9 heteroatoms. The highest BCUT2D eigenvalue weighted by atomic mass is 19.4. The first kappa shape index (κ1) is 18.4. The summed E-state index contributed by atoms with van der Waals surface area (Å²) in [4.78, 5) is 16.2. The summed E-state index contributed by atoms with van der Waals surface area (Å²) in [5.41, 5.74) is 6.90. The molecule has 0 spiro atoms. The molecule has 146 valence electrons. The Hall–Kier alpha value is -2.94. The van der Waals surface area contributed by atoms with Crippen molar-refractivity contribution >= 4 is 11.6 Å². The highest BCUT2D eigenvalue weighted by Crippen LogP contribution is 2.32. The number of anilines is 1. The molecule has 0 fully saturated rings. The highest BCUT2D eigenvalue weighted by Gasteiger charge is 2.32. The van der Waals surface area contributed by atoms with Crippen molar-refractivity contribution < 1.29 is 22.4 Å². The van der Waals surface area contributed by atoms with Crippen LogP contribution in [0.4, 0.5) is 23.4 Å². The predicted molar refractivity (Wildman–Crippen MR) is 93.1 cm³/mol. The average Bonchev–Trinajstić information content (AvgIpc) is 3.06. The molecule has 2 heterocycles. The van der Waals surface area contributed by atoms with Crippen LogP contribution in [-0.2, 0) is 17.4 Å². The molecule has 2 aromatic rings. The van der Waals surface area contributed by atoms with E-state index in [1.165, 1.54) is 6.20 Å². The molecule has 1 aromatic heterocycles. The third-order valence-corrected chi connectivity index (χ3v) is 4.68. The molecule has 0 atom stereocenters. The molecule has 0 saturated heterocycles. The van der Waals surface area contributed by atoms with Gasteiger partial charge in [-0.3, -0.25) is 10.2 Å². The Kier molecular flexibility index (Phi) is 4.54. The van der Waals surface area contributed by atoms with E-state index in [1.54, 1.807) is 17.1 Å². The van der Waals surface area contributed by atoms with Crippen LogP contribution in [0.15, 0.2) is 47.9 Å². The number of carbonyl (C=O) groups excluding carboxylic acids is 1. The third-order valence-electron chi connectivity index (χ3n) is 4.68. The molecule has 4 rings (SSSR count). The number of Topliss-reactive ketones (excluding diaryl/α,β-unsaturated/α-hetero) is 1. The van der Waals surface area contributed by atoms with E-state index in [9.17, 15) is 22.4 Å². The average molecular weight is 392 g/mol. The number of hydrogen-bond acceptors (Lipinski definition) is 5. The molecular weight excluding hydrogens is 376 g/mol. The fourth-order valence-corrected chi connectivity index (χ4v) is 3.41. The minimum atomic E-state index is -4.61. The van der Waals surface area contributed by atoms with E-state index in [0.717, 1.165) is 24.3 Å². The molecular formula is C19H16F4N4O. The fourth-order valence-electron chi connectivity index (χ4n) is 3.41. The van der Waals surface area contributed by atoms with Gasteiger partial charge in [0.1, 0.15) is 17.3 Å². The van der Waals surface area contributed by atoms with Gasteiger partial charge in [0.15, 0.2) is 5.78 Å². The molecule has 28 heavy (non-hydrogen) atoms. The summed E-state index contributed by atoms with van der Waals surface area (Å²) in [6, 6.07) is 5.87. The van der Waals surface area contributed by atoms with E-state index in [1.807, 2.05) is 0 Å². The van der Waals surface area contributed by atoms with Crippen LogP contribution in [0.5, 0.6) is 0 Å². The van der Waals surface area contributed by atoms with Crippen LogP contribution < -0.4 is 16.0 Å². The second kappa shape index (κ2) is 6.90. The molecule has 0 radical (unpaired) electrons. The summed E-state index contributed by atoms with van der Waals surface area (Å²) in [5, 5.41) is 1.66. The molecule has 2 aliphatic rings. The van der Waals surface area contributed by atoms with Crippen LogP contribution >= 0.6 is 0 Å². The number of halogens is 4. The predicted octanol–water partition coefficient (Wildman–Crippen LogP) is 3.62. The van der Waals surface area contributed by atoms with Crippen molar-refractivity contribution in [2.45, 2.75) is 31.9 Å². The number of benzene rings is 1. The van der Waals surface area contributed by atoms with Crippen molar-refractivity contribution in [3.05, 3.63) is 70.4 Å². The van der Waals surface area contributed by atoms with E-state index in [-0.39, 0.29) is 17.8 Å². The van der Waals surface area contributed by atoms with Gasteiger partial charge in [-0.05, 0) is 60.7 Å². The van der Waals surface area contributed by atoms with Crippen molar-refractivity contribution in [2.24, 2.45) is 0 Å². The van der Waals surface area contributed by atoms with Gasteiger partial charge in [-0.1, -0.05) is 0 Å². The van der Waals surface area contributed by atoms with Crippen LogP contribution in [-0.4, -0.2) is 10.8 Å². The number of hydrazine groups is 2. The molecule has 0 unspecified atom stereocenters. The molecule has 0 bridgehead atoms. The Bertz CT molecular complexity index is 971. The van der Waals surface area contributed by atoms with Gasteiger partial charge >= 0.3 is 6.18 Å². The summed E-state index contributed by atoms with van der Waals surface area (Å²) in [5.74, 6) is -0.413. The number of alkyl halides is 3. The number of rotatable bonds is 3. The minimum absolute atomic E-state index is 0.0202. The van der Waals surface area contributed by atoms with Crippen LogP contribution in [0.25, 0.3) is 0 Å². The molecule has 5 nitrogen and oxygen atoms in total. The number of hydrogen-bond donors (Lipinski definition) is 2. The Balaban J connectivity index is 1.61.